The van der Waals surface area contributed by atoms with Crippen molar-refractivity contribution in [1.82, 2.24) is 0 Å². The lowest BCUT2D eigenvalue weighted by Crippen LogP contribution is -2.08. The molecule has 0 unspecified atom stereocenters. The predicted octanol–water partition coefficient (Wildman–Crippen LogP) is 3.43. The van der Waals surface area contributed by atoms with Gasteiger partial charge >= 0.3 is 5.97 Å². The third-order valence-electron chi connectivity index (χ3n) is 2.82. The first kappa shape index (κ1) is 15.1. The number of hydrogen-bond acceptors (Lipinski definition) is 4. The molecule has 0 heterocycles. The lowest BCUT2D eigenvalue weighted by Gasteiger charge is -2.10. The van der Waals surface area contributed by atoms with Crippen molar-refractivity contribution in [2.45, 2.75) is 6.61 Å². The molecule has 0 atom stereocenters. The molecule has 0 aliphatic carbocycles. The second kappa shape index (κ2) is 6.45. The number of esters is 1. The van der Waals surface area contributed by atoms with Crippen molar-refractivity contribution >= 4 is 23.3 Å². The third kappa shape index (κ3) is 3.64. The summed E-state index contributed by atoms with van der Waals surface area (Å²) in [4.78, 5) is 12.1. The lowest BCUT2D eigenvalue weighted by atomic mass is 10.2. The number of carbonyl (C=O) groups excluding carboxylic acids is 1. The number of anilines is 1. The number of nitrogens with two attached hydrogens (primary N) is 1. The minimum Gasteiger partial charge on any atom is -0.496 e. The molecule has 0 fully saturated rings. The van der Waals surface area contributed by atoms with Crippen LogP contribution in [0.2, 0.25) is 5.02 Å². The standard InChI is InChI=1S/C15H13ClFNO3/c1-20-14-7-13(18)12(16)6-11(14)15(19)21-8-9-2-4-10(17)5-3-9/h2-7H,8,18H2,1H3. The summed E-state index contributed by atoms with van der Waals surface area (Å²) in [6.07, 6.45) is 0. The van der Waals surface area contributed by atoms with Crippen LogP contribution < -0.4 is 10.5 Å². The zero-order valence-corrected chi connectivity index (χ0v) is 12.0. The van der Waals surface area contributed by atoms with Gasteiger partial charge in [-0.1, -0.05) is 23.7 Å². The fourth-order valence-electron chi connectivity index (χ4n) is 1.70. The number of ether oxygens (including phenoxy) is 2. The molecule has 0 bridgehead atoms. The van der Waals surface area contributed by atoms with Crippen LogP contribution in [0.1, 0.15) is 15.9 Å². The van der Waals surface area contributed by atoms with Gasteiger partial charge in [0.2, 0.25) is 0 Å². The number of carbonyl (C=O) groups is 1. The first-order chi connectivity index (χ1) is 10.0. The molecule has 2 rings (SSSR count). The Morgan fingerprint density at radius 1 is 1.29 bits per heavy atom. The molecule has 0 saturated heterocycles. The maximum absolute atomic E-state index is 12.8. The van der Waals surface area contributed by atoms with E-state index in [1.165, 1.54) is 43.5 Å². The Hall–Kier alpha value is -2.27. The highest BCUT2D eigenvalue weighted by molar-refractivity contribution is 6.33. The van der Waals surface area contributed by atoms with Crippen LogP contribution >= 0.6 is 11.6 Å². The molecule has 0 aliphatic heterocycles. The third-order valence-corrected chi connectivity index (χ3v) is 3.15. The number of benzene rings is 2. The first-order valence-electron chi connectivity index (χ1n) is 6.06. The van der Waals surface area contributed by atoms with E-state index >= 15 is 0 Å². The Morgan fingerprint density at radius 3 is 2.57 bits per heavy atom. The zero-order valence-electron chi connectivity index (χ0n) is 11.2. The van der Waals surface area contributed by atoms with Crippen LogP contribution in [0, 0.1) is 5.82 Å². The quantitative estimate of drug-likeness (QED) is 0.694. The summed E-state index contributed by atoms with van der Waals surface area (Å²) >= 11 is 5.89. The van der Waals surface area contributed by atoms with Crippen LogP contribution in [0.25, 0.3) is 0 Å². The maximum atomic E-state index is 12.8. The molecule has 0 aliphatic rings. The Morgan fingerprint density at radius 2 is 1.95 bits per heavy atom. The van der Waals surface area contributed by atoms with Crippen molar-refractivity contribution in [3.05, 3.63) is 58.4 Å². The highest BCUT2D eigenvalue weighted by Crippen LogP contribution is 2.29. The van der Waals surface area contributed by atoms with Gasteiger partial charge in [-0.3, -0.25) is 0 Å². The molecule has 0 radical (unpaired) electrons. The maximum Gasteiger partial charge on any atom is 0.342 e. The van der Waals surface area contributed by atoms with Crippen molar-refractivity contribution in [2.24, 2.45) is 0 Å². The van der Waals surface area contributed by atoms with Gasteiger partial charge in [0.15, 0.2) is 0 Å². The molecule has 2 aromatic rings. The molecule has 0 saturated carbocycles. The van der Waals surface area contributed by atoms with Crippen molar-refractivity contribution in [3.8, 4) is 5.75 Å². The summed E-state index contributed by atoms with van der Waals surface area (Å²) in [6, 6.07) is 8.51. The number of nitrogen functional groups attached to an aromatic ring is 1. The Balaban J connectivity index is 2.13. The van der Waals surface area contributed by atoms with E-state index in [0.29, 0.717) is 11.3 Å². The molecule has 2 aromatic carbocycles. The summed E-state index contributed by atoms with van der Waals surface area (Å²) in [5.74, 6) is -0.670. The van der Waals surface area contributed by atoms with E-state index in [-0.39, 0.29) is 28.8 Å². The molecule has 6 heteroatoms. The van der Waals surface area contributed by atoms with Crippen molar-refractivity contribution in [2.75, 3.05) is 12.8 Å². The monoisotopic (exact) mass is 309 g/mol. The average molecular weight is 310 g/mol. The van der Waals surface area contributed by atoms with Crippen LogP contribution in [0.3, 0.4) is 0 Å². The Bertz CT molecular complexity index is 659. The highest BCUT2D eigenvalue weighted by atomic mass is 35.5. The molecule has 0 spiro atoms. The van der Waals surface area contributed by atoms with Gasteiger partial charge < -0.3 is 15.2 Å². The van der Waals surface area contributed by atoms with Crippen molar-refractivity contribution < 1.29 is 18.7 Å². The van der Waals surface area contributed by atoms with Crippen LogP contribution in [0.15, 0.2) is 36.4 Å². The number of halogens is 2. The van der Waals surface area contributed by atoms with Gasteiger partial charge in [0.25, 0.3) is 0 Å². The second-order valence-electron chi connectivity index (χ2n) is 4.28. The zero-order chi connectivity index (χ0) is 15.4. The topological polar surface area (TPSA) is 61.5 Å². The van der Waals surface area contributed by atoms with Gasteiger partial charge in [0.05, 0.1) is 17.8 Å². The van der Waals surface area contributed by atoms with E-state index in [2.05, 4.69) is 0 Å². The van der Waals surface area contributed by atoms with Gasteiger partial charge in [-0.15, -0.1) is 0 Å². The van der Waals surface area contributed by atoms with Gasteiger partial charge in [0.1, 0.15) is 23.7 Å². The molecule has 0 amide bonds. The lowest BCUT2D eigenvalue weighted by molar-refractivity contribution is 0.0469. The fraction of sp³-hybridized carbons (Fsp3) is 0.133. The molecule has 110 valence electrons. The Kier molecular flexibility index (Phi) is 4.65. The summed E-state index contributed by atoms with van der Waals surface area (Å²) in [7, 11) is 1.42. The Labute approximate surface area is 126 Å². The van der Waals surface area contributed by atoms with Gasteiger partial charge in [0, 0.05) is 6.07 Å². The van der Waals surface area contributed by atoms with Crippen LogP contribution in [0.4, 0.5) is 10.1 Å². The van der Waals surface area contributed by atoms with E-state index in [0.717, 1.165) is 0 Å². The fourth-order valence-corrected chi connectivity index (χ4v) is 1.87. The van der Waals surface area contributed by atoms with Crippen LogP contribution in [0.5, 0.6) is 5.75 Å². The van der Waals surface area contributed by atoms with Crippen LogP contribution in [-0.4, -0.2) is 13.1 Å². The normalized spacial score (nSPS) is 10.2. The van der Waals surface area contributed by atoms with E-state index in [1.54, 1.807) is 0 Å². The SMILES string of the molecule is COc1cc(N)c(Cl)cc1C(=O)OCc1ccc(F)cc1. The van der Waals surface area contributed by atoms with Crippen LogP contribution in [-0.2, 0) is 11.3 Å². The van der Waals surface area contributed by atoms with Crippen molar-refractivity contribution in [3.63, 3.8) is 0 Å². The van der Waals surface area contributed by atoms with E-state index in [9.17, 15) is 9.18 Å². The first-order valence-corrected chi connectivity index (χ1v) is 6.43. The van der Waals surface area contributed by atoms with E-state index < -0.39 is 5.97 Å². The van der Waals surface area contributed by atoms with Gasteiger partial charge in [-0.05, 0) is 23.8 Å². The van der Waals surface area contributed by atoms with E-state index in [4.69, 9.17) is 26.8 Å². The minimum atomic E-state index is -0.599. The summed E-state index contributed by atoms with van der Waals surface area (Å²) in [5.41, 5.74) is 6.80. The highest BCUT2D eigenvalue weighted by Gasteiger charge is 2.16. The van der Waals surface area contributed by atoms with E-state index in [1.807, 2.05) is 0 Å². The van der Waals surface area contributed by atoms with Gasteiger partial charge in [-0.2, -0.15) is 0 Å². The summed E-state index contributed by atoms with van der Waals surface area (Å²) < 4.78 is 23.0. The average Bonchev–Trinajstić information content (AvgIpc) is 2.48. The summed E-state index contributed by atoms with van der Waals surface area (Å²) in [6.45, 7) is 0.0181. The van der Waals surface area contributed by atoms with Crippen molar-refractivity contribution in [1.29, 1.82) is 0 Å². The predicted molar refractivity (Wildman–Crippen MR) is 77.9 cm³/mol. The molecule has 4 nitrogen and oxygen atoms in total. The number of hydrogen-bond donors (Lipinski definition) is 1. The molecule has 2 N–H and O–H groups in total. The number of methoxy groups -OCH3 is 1. The smallest absolute Gasteiger partial charge is 0.342 e. The minimum absolute atomic E-state index is 0.0181. The molecule has 21 heavy (non-hydrogen) atoms. The molecular weight excluding hydrogens is 297 g/mol. The second-order valence-corrected chi connectivity index (χ2v) is 4.68. The molecule has 0 aromatic heterocycles. The molecular formula is C15H13ClFNO3. The number of rotatable bonds is 4. The largest absolute Gasteiger partial charge is 0.496 e. The van der Waals surface area contributed by atoms with Gasteiger partial charge in [-0.25, -0.2) is 9.18 Å². The summed E-state index contributed by atoms with van der Waals surface area (Å²) in [5, 5.41) is 0.240.